The van der Waals surface area contributed by atoms with E-state index in [1.165, 1.54) is 0 Å². The van der Waals surface area contributed by atoms with Crippen LogP contribution in [0.4, 0.5) is 0 Å². The number of nitrogens with zero attached hydrogens (tertiary/aromatic N) is 4. The van der Waals surface area contributed by atoms with Gasteiger partial charge in [-0.2, -0.15) is 5.10 Å². The second-order valence-corrected chi connectivity index (χ2v) is 3.59. The fraction of sp³-hybridized carbons (Fsp3) is 0.200. The first-order chi connectivity index (χ1) is 8.67. The zero-order valence-electron chi connectivity index (χ0n) is 9.70. The molecular weight excluding hydrogens is 252 g/mol. The van der Waals surface area contributed by atoms with E-state index in [-0.39, 0.29) is 11.7 Å². The lowest BCUT2D eigenvalue weighted by atomic mass is 10.1. The van der Waals surface area contributed by atoms with E-state index in [0.29, 0.717) is 5.71 Å². The average Bonchev–Trinajstić information content (AvgIpc) is 2.39. The molecule has 0 saturated heterocycles. The first kappa shape index (κ1) is 13.8. The third-order valence-electron chi connectivity index (χ3n) is 2.01. The zero-order chi connectivity index (χ0) is 13.4. The predicted octanol–water partition coefficient (Wildman–Crippen LogP) is 1.54. The number of azide groups is 1. The molecule has 18 heavy (non-hydrogen) atoms. The summed E-state index contributed by atoms with van der Waals surface area (Å²) in [5, 5.41) is 7.49. The lowest BCUT2D eigenvalue weighted by Gasteiger charge is -2.05. The minimum Gasteiger partial charge on any atom is -0.497 e. The summed E-state index contributed by atoms with van der Waals surface area (Å²) in [4.78, 5) is 2.69. The van der Waals surface area contributed by atoms with Crippen molar-refractivity contribution >= 4 is 23.0 Å². The van der Waals surface area contributed by atoms with Gasteiger partial charge in [0, 0.05) is 4.91 Å². The molecule has 1 rings (SSSR count). The monoisotopic (exact) mass is 264 g/mol. The van der Waals surface area contributed by atoms with Gasteiger partial charge in [-0.15, -0.1) is 0 Å². The van der Waals surface area contributed by atoms with E-state index in [0.717, 1.165) is 11.3 Å². The molecular formula is C10H12N6OS. The fourth-order valence-electron chi connectivity index (χ4n) is 1.20. The van der Waals surface area contributed by atoms with Crippen LogP contribution in [0.15, 0.2) is 34.5 Å². The zero-order valence-corrected chi connectivity index (χ0v) is 10.5. The summed E-state index contributed by atoms with van der Waals surface area (Å²) in [6.07, 6.45) is 0. The van der Waals surface area contributed by atoms with Crippen LogP contribution < -0.4 is 15.9 Å². The molecule has 3 N–H and O–H groups in total. The van der Waals surface area contributed by atoms with E-state index in [1.54, 1.807) is 31.4 Å². The van der Waals surface area contributed by atoms with Crippen LogP contribution in [0, 0.1) is 0 Å². The molecule has 0 atom stereocenters. The number of hydrogen-bond donors (Lipinski definition) is 2. The third-order valence-corrected chi connectivity index (χ3v) is 2.10. The molecule has 0 radical (unpaired) electrons. The molecule has 1 aromatic carbocycles. The summed E-state index contributed by atoms with van der Waals surface area (Å²) in [6, 6.07) is 7.15. The quantitative estimate of drug-likeness (QED) is 0.210. The van der Waals surface area contributed by atoms with Crippen LogP contribution in [0.5, 0.6) is 5.75 Å². The number of nitrogens with two attached hydrogens (primary N) is 1. The second kappa shape index (κ2) is 7.10. The third kappa shape index (κ3) is 4.28. The average molecular weight is 264 g/mol. The minimum atomic E-state index is 0.0435. The van der Waals surface area contributed by atoms with Gasteiger partial charge in [-0.25, -0.2) is 0 Å². The number of hydrogen-bond acceptors (Lipinski definition) is 4. The molecule has 0 aliphatic rings. The summed E-state index contributed by atoms with van der Waals surface area (Å²) < 4.78 is 5.05. The van der Waals surface area contributed by atoms with Gasteiger partial charge in [0.2, 0.25) is 0 Å². The smallest absolute Gasteiger partial charge is 0.184 e. The Balaban J connectivity index is 2.96. The van der Waals surface area contributed by atoms with Crippen LogP contribution in [0.2, 0.25) is 0 Å². The van der Waals surface area contributed by atoms with Crippen LogP contribution >= 0.6 is 12.2 Å². The Kier molecular flexibility index (Phi) is 5.43. The van der Waals surface area contributed by atoms with Crippen molar-refractivity contribution in [2.75, 3.05) is 13.7 Å². The summed E-state index contributed by atoms with van der Waals surface area (Å²) in [5.41, 5.74) is 17.4. The molecule has 0 bridgehead atoms. The fourth-order valence-corrected chi connectivity index (χ4v) is 1.24. The Labute approximate surface area is 109 Å². The van der Waals surface area contributed by atoms with Gasteiger partial charge < -0.3 is 10.5 Å². The molecule has 8 heteroatoms. The summed E-state index contributed by atoms with van der Waals surface area (Å²) in [7, 11) is 1.58. The van der Waals surface area contributed by atoms with Crippen LogP contribution in [-0.4, -0.2) is 24.5 Å². The highest BCUT2D eigenvalue weighted by atomic mass is 32.1. The lowest BCUT2D eigenvalue weighted by Crippen LogP contribution is -2.26. The number of thiocarbonyl (C=S) groups is 1. The van der Waals surface area contributed by atoms with Gasteiger partial charge in [0.25, 0.3) is 0 Å². The number of methoxy groups -OCH3 is 1. The van der Waals surface area contributed by atoms with Crippen molar-refractivity contribution in [2.45, 2.75) is 0 Å². The number of rotatable bonds is 5. The van der Waals surface area contributed by atoms with Gasteiger partial charge in [-0.3, -0.25) is 5.43 Å². The molecule has 0 aliphatic heterocycles. The molecule has 1 aromatic rings. The second-order valence-electron chi connectivity index (χ2n) is 3.15. The Hall–Kier alpha value is -2.31. The number of ether oxygens (including phenoxy) is 1. The largest absolute Gasteiger partial charge is 0.497 e. The predicted molar refractivity (Wildman–Crippen MR) is 73.5 cm³/mol. The number of hydrazone groups is 1. The van der Waals surface area contributed by atoms with E-state index >= 15 is 0 Å². The summed E-state index contributed by atoms with van der Waals surface area (Å²) in [6.45, 7) is 0.0957. The summed E-state index contributed by atoms with van der Waals surface area (Å²) >= 11 is 4.65. The van der Waals surface area contributed by atoms with Gasteiger partial charge in [0.1, 0.15) is 5.75 Å². The SMILES string of the molecule is COc1ccc(/C(CN=[N+]=[N-])=N/NC(N)=S)cc1. The standard InChI is InChI=1S/C10H12N6OS/c1-17-8-4-2-7(3-5-8)9(6-13-16-12)14-15-10(11)18/h2-5H,6H2,1H3,(H3,11,15,18)/b14-9+. The van der Waals surface area contributed by atoms with Crippen molar-refractivity contribution in [2.24, 2.45) is 15.9 Å². The first-order valence-corrected chi connectivity index (χ1v) is 5.35. The Morgan fingerprint density at radius 3 is 2.67 bits per heavy atom. The van der Waals surface area contributed by atoms with E-state index in [1.807, 2.05) is 0 Å². The van der Waals surface area contributed by atoms with Crippen LogP contribution in [0.3, 0.4) is 0 Å². The number of nitrogens with one attached hydrogen (secondary N) is 1. The molecule has 0 fully saturated rings. The van der Waals surface area contributed by atoms with Gasteiger partial charge in [-0.1, -0.05) is 5.11 Å². The van der Waals surface area contributed by atoms with Crippen LogP contribution in [-0.2, 0) is 0 Å². The van der Waals surface area contributed by atoms with Gasteiger partial charge in [-0.05, 0) is 47.6 Å². The topological polar surface area (TPSA) is 108 Å². The van der Waals surface area contributed by atoms with Crippen molar-refractivity contribution in [1.29, 1.82) is 0 Å². The van der Waals surface area contributed by atoms with E-state index < -0.39 is 0 Å². The number of benzene rings is 1. The Morgan fingerprint density at radius 2 is 2.17 bits per heavy atom. The molecule has 0 unspecified atom stereocenters. The first-order valence-electron chi connectivity index (χ1n) is 4.94. The minimum absolute atomic E-state index is 0.0435. The van der Waals surface area contributed by atoms with E-state index in [2.05, 4.69) is 32.8 Å². The summed E-state index contributed by atoms with van der Waals surface area (Å²) in [5.74, 6) is 0.726. The van der Waals surface area contributed by atoms with Crippen molar-refractivity contribution < 1.29 is 4.74 Å². The molecule has 0 heterocycles. The molecule has 0 amide bonds. The maximum atomic E-state index is 8.33. The molecule has 7 nitrogen and oxygen atoms in total. The molecule has 0 aromatic heterocycles. The maximum absolute atomic E-state index is 8.33. The van der Waals surface area contributed by atoms with Gasteiger partial charge in [0.05, 0.1) is 19.4 Å². The maximum Gasteiger partial charge on any atom is 0.184 e. The lowest BCUT2D eigenvalue weighted by molar-refractivity contribution is 0.415. The molecule has 0 saturated carbocycles. The Morgan fingerprint density at radius 1 is 1.50 bits per heavy atom. The highest BCUT2D eigenvalue weighted by molar-refractivity contribution is 7.80. The van der Waals surface area contributed by atoms with Crippen molar-refractivity contribution in [3.8, 4) is 5.75 Å². The van der Waals surface area contributed by atoms with Crippen molar-refractivity contribution in [3.05, 3.63) is 40.3 Å². The van der Waals surface area contributed by atoms with Crippen molar-refractivity contribution in [1.82, 2.24) is 5.43 Å². The van der Waals surface area contributed by atoms with Crippen LogP contribution in [0.1, 0.15) is 5.56 Å². The molecule has 0 spiro atoms. The van der Waals surface area contributed by atoms with E-state index in [4.69, 9.17) is 16.0 Å². The highest BCUT2D eigenvalue weighted by Crippen LogP contribution is 2.12. The molecule has 0 aliphatic carbocycles. The van der Waals surface area contributed by atoms with Gasteiger partial charge >= 0.3 is 0 Å². The van der Waals surface area contributed by atoms with E-state index in [9.17, 15) is 0 Å². The van der Waals surface area contributed by atoms with Crippen molar-refractivity contribution in [3.63, 3.8) is 0 Å². The highest BCUT2D eigenvalue weighted by Gasteiger charge is 2.03. The normalized spacial score (nSPS) is 10.4. The Bertz CT molecular complexity index is 492. The molecule has 94 valence electrons. The van der Waals surface area contributed by atoms with Crippen LogP contribution in [0.25, 0.3) is 10.4 Å². The van der Waals surface area contributed by atoms with Gasteiger partial charge in [0.15, 0.2) is 5.11 Å².